The lowest BCUT2D eigenvalue weighted by atomic mass is 10.0. The van der Waals surface area contributed by atoms with E-state index in [2.05, 4.69) is 27.1 Å². The van der Waals surface area contributed by atoms with E-state index in [1.165, 1.54) is 24.3 Å². The average molecular weight is 422 g/mol. The number of hydrogen-bond donors (Lipinski definition) is 1. The van der Waals surface area contributed by atoms with E-state index in [0.717, 1.165) is 32.7 Å². The lowest BCUT2D eigenvalue weighted by Crippen LogP contribution is -2.55. The molecule has 1 N–H and O–H groups in total. The molecule has 1 unspecified atom stereocenters. The van der Waals surface area contributed by atoms with Gasteiger partial charge in [0.2, 0.25) is 11.8 Å². The summed E-state index contributed by atoms with van der Waals surface area (Å²) in [7, 11) is 3.86. The Kier molecular flexibility index (Phi) is 7.89. The van der Waals surface area contributed by atoms with Crippen LogP contribution in [0, 0.1) is 0 Å². The highest BCUT2D eigenvalue weighted by Crippen LogP contribution is 2.20. The van der Waals surface area contributed by atoms with Gasteiger partial charge in [-0.15, -0.1) is 0 Å². The van der Waals surface area contributed by atoms with Crippen molar-refractivity contribution in [1.82, 2.24) is 19.6 Å². The van der Waals surface area contributed by atoms with Crippen LogP contribution < -0.4 is 5.32 Å². The number of likely N-dealkylation sites (N-methyl/N-ethyl adjacent to an activating group) is 2. The molecule has 0 radical (unpaired) electrons. The van der Waals surface area contributed by atoms with E-state index in [1.54, 1.807) is 31.3 Å². The lowest BCUT2D eigenvalue weighted by Gasteiger charge is -2.42. The third-order valence-corrected chi connectivity index (χ3v) is 6.17. The fraction of sp³-hybridized carbons (Fsp3) is 0.619. The van der Waals surface area contributed by atoms with Crippen LogP contribution >= 0.6 is 11.6 Å². The van der Waals surface area contributed by atoms with Gasteiger partial charge in [-0.25, -0.2) is 0 Å². The first kappa shape index (κ1) is 22.0. The number of para-hydroxylation sites is 1. The SMILES string of the molecule is CN1CCCC(N2CCN(CC(=O)N(C)CC(=O)Nc3ccccc3Cl)CC2)C1. The Balaban J connectivity index is 1.40. The molecule has 2 heterocycles. The highest BCUT2D eigenvalue weighted by Gasteiger charge is 2.28. The predicted octanol–water partition coefficient (Wildman–Crippen LogP) is 1.45. The number of likely N-dealkylation sites (tertiary alicyclic amines) is 1. The van der Waals surface area contributed by atoms with E-state index in [4.69, 9.17) is 11.6 Å². The van der Waals surface area contributed by atoms with Crippen molar-refractivity contribution in [3.05, 3.63) is 29.3 Å². The summed E-state index contributed by atoms with van der Waals surface area (Å²) in [4.78, 5) is 33.4. The molecule has 2 fully saturated rings. The first-order chi connectivity index (χ1) is 13.9. The van der Waals surface area contributed by atoms with Crippen LogP contribution in [0.1, 0.15) is 12.8 Å². The first-order valence-corrected chi connectivity index (χ1v) is 10.7. The molecule has 160 valence electrons. The maximum Gasteiger partial charge on any atom is 0.244 e. The number of carbonyl (C=O) groups is 2. The van der Waals surface area contributed by atoms with Gasteiger partial charge in [0.1, 0.15) is 0 Å². The number of nitrogens with one attached hydrogen (secondary N) is 1. The van der Waals surface area contributed by atoms with E-state index < -0.39 is 0 Å². The van der Waals surface area contributed by atoms with Crippen LogP contribution in [0.15, 0.2) is 24.3 Å². The second-order valence-electron chi connectivity index (χ2n) is 8.15. The molecule has 8 heteroatoms. The Morgan fingerprint density at radius 2 is 1.90 bits per heavy atom. The van der Waals surface area contributed by atoms with Crippen molar-refractivity contribution < 1.29 is 9.59 Å². The minimum absolute atomic E-state index is 0.0123. The van der Waals surface area contributed by atoms with Crippen LogP contribution in [-0.2, 0) is 9.59 Å². The number of nitrogens with zero attached hydrogens (tertiary/aromatic N) is 4. The van der Waals surface area contributed by atoms with Crippen molar-refractivity contribution in [3.8, 4) is 0 Å². The maximum atomic E-state index is 12.6. The van der Waals surface area contributed by atoms with E-state index in [-0.39, 0.29) is 18.4 Å². The molecule has 1 atom stereocenters. The van der Waals surface area contributed by atoms with E-state index in [1.807, 2.05) is 0 Å². The minimum atomic E-state index is -0.250. The molecule has 1 aromatic carbocycles. The zero-order valence-corrected chi connectivity index (χ0v) is 18.2. The number of rotatable bonds is 6. The smallest absolute Gasteiger partial charge is 0.244 e. The summed E-state index contributed by atoms with van der Waals surface area (Å²) in [5, 5.41) is 3.24. The molecule has 0 aromatic heterocycles. The molecule has 0 aliphatic carbocycles. The molecule has 2 aliphatic heterocycles. The number of hydrogen-bond acceptors (Lipinski definition) is 5. The topological polar surface area (TPSA) is 59.1 Å². The van der Waals surface area contributed by atoms with Crippen LogP contribution in [0.5, 0.6) is 0 Å². The van der Waals surface area contributed by atoms with Crippen LogP contribution in [0.25, 0.3) is 0 Å². The van der Waals surface area contributed by atoms with Crippen molar-refractivity contribution in [2.24, 2.45) is 0 Å². The first-order valence-electron chi connectivity index (χ1n) is 10.4. The van der Waals surface area contributed by atoms with Gasteiger partial charge in [0, 0.05) is 45.8 Å². The molecule has 0 bridgehead atoms. The van der Waals surface area contributed by atoms with Crippen molar-refractivity contribution in [3.63, 3.8) is 0 Å². The van der Waals surface area contributed by atoms with E-state index in [9.17, 15) is 9.59 Å². The summed E-state index contributed by atoms with van der Waals surface area (Å²) >= 11 is 6.06. The quantitative estimate of drug-likeness (QED) is 0.753. The van der Waals surface area contributed by atoms with Crippen molar-refractivity contribution >= 4 is 29.1 Å². The van der Waals surface area contributed by atoms with E-state index in [0.29, 0.717) is 23.3 Å². The van der Waals surface area contributed by atoms with Gasteiger partial charge in [0.25, 0.3) is 0 Å². The number of carbonyl (C=O) groups excluding carboxylic acids is 2. The third kappa shape index (κ3) is 6.40. The number of anilines is 1. The minimum Gasteiger partial charge on any atom is -0.335 e. The summed E-state index contributed by atoms with van der Waals surface area (Å²) in [6.45, 7) is 6.50. The van der Waals surface area contributed by atoms with Gasteiger partial charge < -0.3 is 15.1 Å². The summed E-state index contributed by atoms with van der Waals surface area (Å²) < 4.78 is 0. The number of halogens is 1. The van der Waals surface area contributed by atoms with Crippen LogP contribution in [0.3, 0.4) is 0 Å². The van der Waals surface area contributed by atoms with Crippen LogP contribution in [0.4, 0.5) is 5.69 Å². The van der Waals surface area contributed by atoms with E-state index >= 15 is 0 Å². The molecule has 2 aliphatic rings. The molecule has 7 nitrogen and oxygen atoms in total. The number of piperidine rings is 1. The van der Waals surface area contributed by atoms with Gasteiger partial charge in [0.05, 0.1) is 23.8 Å². The Bertz CT molecular complexity index is 708. The highest BCUT2D eigenvalue weighted by atomic mass is 35.5. The van der Waals surface area contributed by atoms with Gasteiger partial charge in [-0.2, -0.15) is 0 Å². The number of piperazine rings is 1. The fourth-order valence-corrected chi connectivity index (χ4v) is 4.27. The molecular weight excluding hydrogens is 390 g/mol. The van der Waals surface area contributed by atoms with Crippen LogP contribution in [-0.4, -0.2) is 104 Å². The van der Waals surface area contributed by atoms with Crippen molar-refractivity contribution in [2.45, 2.75) is 18.9 Å². The Labute approximate surface area is 178 Å². The molecule has 1 aromatic rings. The molecular formula is C21H32ClN5O2. The average Bonchev–Trinajstić information content (AvgIpc) is 2.70. The third-order valence-electron chi connectivity index (χ3n) is 5.84. The molecule has 29 heavy (non-hydrogen) atoms. The monoisotopic (exact) mass is 421 g/mol. The molecule has 2 saturated heterocycles. The standard InChI is InChI=1S/C21H32ClN5O2/c1-24-9-5-6-17(14-24)27-12-10-26(11-13-27)16-21(29)25(2)15-20(28)23-19-8-4-3-7-18(19)22/h3-4,7-8,17H,5-6,9-16H2,1-2H3,(H,23,28). The Hall–Kier alpha value is -1.67. The Morgan fingerprint density at radius 1 is 1.17 bits per heavy atom. The van der Waals surface area contributed by atoms with Crippen molar-refractivity contribution in [2.75, 3.05) is 71.8 Å². The van der Waals surface area contributed by atoms with Gasteiger partial charge in [-0.3, -0.25) is 19.4 Å². The molecule has 0 spiro atoms. The maximum absolute atomic E-state index is 12.6. The highest BCUT2D eigenvalue weighted by molar-refractivity contribution is 6.33. The second-order valence-corrected chi connectivity index (χ2v) is 8.56. The number of amides is 2. The number of benzene rings is 1. The lowest BCUT2D eigenvalue weighted by molar-refractivity contribution is -0.134. The molecule has 2 amide bonds. The Morgan fingerprint density at radius 3 is 2.59 bits per heavy atom. The summed E-state index contributed by atoms with van der Waals surface area (Å²) in [5.74, 6) is -0.287. The summed E-state index contributed by atoms with van der Waals surface area (Å²) in [6.07, 6.45) is 2.54. The van der Waals surface area contributed by atoms with Crippen LogP contribution in [0.2, 0.25) is 5.02 Å². The predicted molar refractivity (Wildman–Crippen MR) is 116 cm³/mol. The van der Waals surface area contributed by atoms with Gasteiger partial charge in [-0.05, 0) is 38.6 Å². The summed E-state index contributed by atoms with van der Waals surface area (Å²) in [5.41, 5.74) is 0.560. The second kappa shape index (κ2) is 10.4. The zero-order valence-electron chi connectivity index (χ0n) is 17.4. The molecule has 3 rings (SSSR count). The molecule has 0 saturated carbocycles. The van der Waals surface area contributed by atoms with Gasteiger partial charge >= 0.3 is 0 Å². The van der Waals surface area contributed by atoms with Gasteiger partial charge in [0.15, 0.2) is 0 Å². The van der Waals surface area contributed by atoms with Crippen molar-refractivity contribution in [1.29, 1.82) is 0 Å². The zero-order chi connectivity index (χ0) is 20.8. The fourth-order valence-electron chi connectivity index (χ4n) is 4.09. The van der Waals surface area contributed by atoms with Gasteiger partial charge in [-0.1, -0.05) is 23.7 Å². The summed E-state index contributed by atoms with van der Waals surface area (Å²) in [6, 6.07) is 7.71. The largest absolute Gasteiger partial charge is 0.335 e. The normalized spacial score (nSPS) is 21.7.